The molecule has 0 aromatic carbocycles. The first kappa shape index (κ1) is 15.2. The van der Waals surface area contributed by atoms with E-state index in [2.05, 4.69) is 31.1 Å². The second-order valence-electron chi connectivity index (χ2n) is 4.48. The summed E-state index contributed by atoms with van der Waals surface area (Å²) in [6.07, 6.45) is 2.42. The molecule has 1 heterocycles. The van der Waals surface area contributed by atoms with Crippen LogP contribution in [0.15, 0.2) is 12.7 Å². The van der Waals surface area contributed by atoms with E-state index in [1.54, 1.807) is 17.8 Å². The number of hydrogen-bond acceptors (Lipinski definition) is 4. The molecular formula is C12H18N2O2S2. The number of nitrogens with one attached hydrogen (secondary N) is 2. The van der Waals surface area contributed by atoms with E-state index in [0.717, 1.165) is 5.75 Å². The molecule has 1 saturated heterocycles. The van der Waals surface area contributed by atoms with E-state index in [9.17, 15) is 9.59 Å². The lowest BCUT2D eigenvalue weighted by Gasteiger charge is -2.34. The highest BCUT2D eigenvalue weighted by Gasteiger charge is 2.47. The van der Waals surface area contributed by atoms with Gasteiger partial charge in [0, 0.05) is 0 Å². The van der Waals surface area contributed by atoms with Crippen LogP contribution in [-0.2, 0) is 9.59 Å². The Morgan fingerprint density at radius 2 is 1.94 bits per heavy atom. The van der Waals surface area contributed by atoms with Crippen molar-refractivity contribution in [1.82, 2.24) is 10.6 Å². The smallest absolute Gasteiger partial charge is 0.242 e. The van der Waals surface area contributed by atoms with Gasteiger partial charge in [-0.05, 0) is 36.1 Å². The van der Waals surface area contributed by atoms with Gasteiger partial charge in [-0.3, -0.25) is 9.59 Å². The molecule has 4 nitrogen and oxygen atoms in total. The molecule has 2 N–H and O–H groups in total. The van der Waals surface area contributed by atoms with Crippen LogP contribution in [0.1, 0.15) is 26.7 Å². The molecule has 1 aliphatic rings. The molecular weight excluding hydrogens is 268 g/mol. The lowest BCUT2D eigenvalue weighted by Crippen LogP contribution is -2.62. The summed E-state index contributed by atoms with van der Waals surface area (Å²) in [5, 5.41) is 5.61. The van der Waals surface area contributed by atoms with Gasteiger partial charge in [-0.1, -0.05) is 19.9 Å². The maximum absolute atomic E-state index is 12.1. The number of carbonyl (C=O) groups is 2. The maximum atomic E-state index is 12.1. The van der Waals surface area contributed by atoms with Crippen molar-refractivity contribution in [3.8, 4) is 0 Å². The van der Waals surface area contributed by atoms with Crippen molar-refractivity contribution >= 4 is 40.9 Å². The highest BCUT2D eigenvalue weighted by Crippen LogP contribution is 2.32. The van der Waals surface area contributed by atoms with Gasteiger partial charge in [0.25, 0.3) is 0 Å². The van der Waals surface area contributed by atoms with Crippen molar-refractivity contribution in [2.24, 2.45) is 5.41 Å². The van der Waals surface area contributed by atoms with E-state index in [1.165, 1.54) is 0 Å². The molecule has 0 atom stereocenters. The molecule has 0 spiro atoms. The number of thioether (sulfide) groups is 1. The quantitative estimate of drug-likeness (QED) is 0.442. The monoisotopic (exact) mass is 286 g/mol. The molecule has 18 heavy (non-hydrogen) atoms. The SMILES string of the molecule is C=CCC1(CCSC(C)C)C(=O)NC(=S)NC1=O. The molecule has 0 aromatic rings. The first-order valence-corrected chi connectivity index (χ1v) is 7.27. The number of amides is 2. The fourth-order valence-corrected chi connectivity index (χ4v) is 2.93. The predicted molar refractivity (Wildman–Crippen MR) is 78.3 cm³/mol. The van der Waals surface area contributed by atoms with Gasteiger partial charge < -0.3 is 10.6 Å². The largest absolute Gasteiger partial charge is 0.302 e. The topological polar surface area (TPSA) is 58.2 Å². The molecule has 0 bridgehead atoms. The fourth-order valence-electron chi connectivity index (χ4n) is 1.81. The Labute approximate surface area is 117 Å². The van der Waals surface area contributed by atoms with Crippen molar-refractivity contribution in [3.63, 3.8) is 0 Å². The van der Waals surface area contributed by atoms with E-state index in [0.29, 0.717) is 18.1 Å². The highest BCUT2D eigenvalue weighted by molar-refractivity contribution is 7.99. The number of thiocarbonyl (C=S) groups is 1. The molecule has 100 valence electrons. The average Bonchev–Trinajstić information content (AvgIpc) is 2.25. The van der Waals surface area contributed by atoms with E-state index < -0.39 is 5.41 Å². The van der Waals surface area contributed by atoms with Crippen LogP contribution in [0.5, 0.6) is 0 Å². The van der Waals surface area contributed by atoms with Crippen LogP contribution in [0.4, 0.5) is 0 Å². The highest BCUT2D eigenvalue weighted by atomic mass is 32.2. The van der Waals surface area contributed by atoms with E-state index >= 15 is 0 Å². The number of allylic oxidation sites excluding steroid dienone is 1. The zero-order valence-corrected chi connectivity index (χ0v) is 12.2. The van der Waals surface area contributed by atoms with E-state index in [4.69, 9.17) is 12.2 Å². The third-order valence-corrected chi connectivity index (χ3v) is 4.11. The molecule has 1 fully saturated rings. The van der Waals surface area contributed by atoms with Gasteiger partial charge in [-0.15, -0.1) is 6.58 Å². The first-order chi connectivity index (χ1) is 8.42. The Balaban J connectivity index is 2.83. The van der Waals surface area contributed by atoms with Crippen molar-refractivity contribution in [2.75, 3.05) is 5.75 Å². The lowest BCUT2D eigenvalue weighted by atomic mass is 9.78. The second-order valence-corrected chi connectivity index (χ2v) is 6.57. The molecule has 0 radical (unpaired) electrons. The zero-order chi connectivity index (χ0) is 13.8. The Morgan fingerprint density at radius 3 is 2.39 bits per heavy atom. The molecule has 0 aliphatic carbocycles. The minimum Gasteiger partial charge on any atom is -0.302 e. The summed E-state index contributed by atoms with van der Waals surface area (Å²) in [4.78, 5) is 24.2. The summed E-state index contributed by atoms with van der Waals surface area (Å²) in [6.45, 7) is 7.80. The van der Waals surface area contributed by atoms with Crippen LogP contribution < -0.4 is 10.6 Å². The van der Waals surface area contributed by atoms with Gasteiger partial charge in [-0.2, -0.15) is 11.8 Å². The fraction of sp³-hybridized carbons (Fsp3) is 0.583. The van der Waals surface area contributed by atoms with E-state index in [1.807, 2.05) is 0 Å². The van der Waals surface area contributed by atoms with Gasteiger partial charge in [0.15, 0.2) is 5.11 Å². The summed E-state index contributed by atoms with van der Waals surface area (Å²) in [5.74, 6) is 0.111. The van der Waals surface area contributed by atoms with Crippen LogP contribution in [0.25, 0.3) is 0 Å². The summed E-state index contributed by atoms with van der Waals surface area (Å²) in [7, 11) is 0. The molecule has 6 heteroatoms. The minimum absolute atomic E-state index is 0.0844. The lowest BCUT2D eigenvalue weighted by molar-refractivity contribution is -0.143. The van der Waals surface area contributed by atoms with E-state index in [-0.39, 0.29) is 16.9 Å². The van der Waals surface area contributed by atoms with Gasteiger partial charge in [0.05, 0.1) is 0 Å². The van der Waals surface area contributed by atoms with Crippen LogP contribution in [-0.4, -0.2) is 27.9 Å². The van der Waals surface area contributed by atoms with Gasteiger partial charge in [0.1, 0.15) is 5.41 Å². The Bertz CT molecular complexity index is 360. The predicted octanol–water partition coefficient (Wildman–Crippen LogP) is 1.61. The molecule has 1 rings (SSSR count). The normalized spacial score (nSPS) is 18.5. The van der Waals surface area contributed by atoms with Gasteiger partial charge in [0.2, 0.25) is 11.8 Å². The third kappa shape index (κ3) is 3.32. The van der Waals surface area contributed by atoms with Crippen LogP contribution in [0.2, 0.25) is 0 Å². The Hall–Kier alpha value is -0.880. The minimum atomic E-state index is -1.06. The number of rotatable bonds is 6. The average molecular weight is 286 g/mol. The van der Waals surface area contributed by atoms with Crippen molar-refractivity contribution in [3.05, 3.63) is 12.7 Å². The number of hydrogen-bond donors (Lipinski definition) is 2. The summed E-state index contributed by atoms with van der Waals surface area (Å²) in [5.41, 5.74) is -1.06. The van der Waals surface area contributed by atoms with Gasteiger partial charge >= 0.3 is 0 Å². The van der Waals surface area contributed by atoms with Crippen LogP contribution in [0.3, 0.4) is 0 Å². The molecule has 0 aromatic heterocycles. The molecule has 2 amide bonds. The Morgan fingerprint density at radius 1 is 1.39 bits per heavy atom. The van der Waals surface area contributed by atoms with Crippen LogP contribution in [0, 0.1) is 5.41 Å². The maximum Gasteiger partial charge on any atom is 0.242 e. The molecule has 0 saturated carbocycles. The summed E-state index contributed by atoms with van der Waals surface area (Å²) in [6, 6.07) is 0. The summed E-state index contributed by atoms with van der Waals surface area (Å²) >= 11 is 6.53. The van der Waals surface area contributed by atoms with Crippen molar-refractivity contribution < 1.29 is 9.59 Å². The molecule has 1 aliphatic heterocycles. The molecule has 0 unspecified atom stereocenters. The second kappa shape index (κ2) is 6.33. The first-order valence-electron chi connectivity index (χ1n) is 5.82. The van der Waals surface area contributed by atoms with Gasteiger partial charge in [-0.25, -0.2) is 0 Å². The van der Waals surface area contributed by atoms with Crippen molar-refractivity contribution in [2.45, 2.75) is 31.9 Å². The van der Waals surface area contributed by atoms with Crippen LogP contribution >= 0.6 is 24.0 Å². The van der Waals surface area contributed by atoms with Crippen molar-refractivity contribution in [1.29, 1.82) is 0 Å². The zero-order valence-electron chi connectivity index (χ0n) is 10.6. The summed E-state index contributed by atoms with van der Waals surface area (Å²) < 4.78 is 0. The number of carbonyl (C=O) groups excluding carboxylic acids is 2. The Kier molecular flexibility index (Phi) is 5.34. The standard InChI is InChI=1S/C12H18N2O2S2/c1-4-5-12(6-7-18-8(2)3)9(15)13-11(17)14-10(12)16/h4,8H,1,5-7H2,2-3H3,(H2,13,14,15,16,17). The third-order valence-electron chi connectivity index (χ3n) is 2.80.